The molecule has 0 aromatic carbocycles. The lowest BCUT2D eigenvalue weighted by atomic mass is 10.3. The fraction of sp³-hybridized carbons (Fsp3) is 0.167. The molecule has 7 heteroatoms. The van der Waals surface area contributed by atoms with E-state index in [1.165, 1.54) is 6.07 Å². The SMILES string of the molecule is O=S(=O)(Cl)Cc1cc(Cl)cnc1F. The normalized spacial score (nSPS) is 11.6. The van der Waals surface area contributed by atoms with Gasteiger partial charge in [-0.2, -0.15) is 4.39 Å². The Hall–Kier alpha value is -0.390. The second-order valence-electron chi connectivity index (χ2n) is 2.29. The van der Waals surface area contributed by atoms with Crippen molar-refractivity contribution in [2.45, 2.75) is 5.75 Å². The first-order chi connectivity index (χ1) is 5.88. The largest absolute Gasteiger partial charge is 0.236 e. The Balaban J connectivity index is 3.08. The summed E-state index contributed by atoms with van der Waals surface area (Å²) in [6.07, 6.45) is 1.08. The van der Waals surface area contributed by atoms with E-state index in [1.54, 1.807) is 0 Å². The quantitative estimate of drug-likeness (QED) is 0.590. The lowest BCUT2D eigenvalue weighted by Crippen LogP contribution is -1.99. The Morgan fingerprint density at radius 2 is 2.15 bits per heavy atom. The summed E-state index contributed by atoms with van der Waals surface area (Å²) in [4.78, 5) is 3.24. The van der Waals surface area contributed by atoms with E-state index in [9.17, 15) is 12.8 Å². The Morgan fingerprint density at radius 3 is 2.69 bits per heavy atom. The molecule has 0 saturated heterocycles. The van der Waals surface area contributed by atoms with Crippen molar-refractivity contribution >= 4 is 31.3 Å². The van der Waals surface area contributed by atoms with Crippen LogP contribution < -0.4 is 0 Å². The average molecular weight is 244 g/mol. The Kier molecular flexibility index (Phi) is 3.10. The zero-order valence-corrected chi connectivity index (χ0v) is 8.50. The lowest BCUT2D eigenvalue weighted by molar-refractivity contribution is 0.568. The third-order valence-corrected chi connectivity index (χ3v) is 2.40. The van der Waals surface area contributed by atoms with Crippen LogP contribution in [0, 0.1) is 5.95 Å². The van der Waals surface area contributed by atoms with Crippen molar-refractivity contribution < 1.29 is 12.8 Å². The molecular weight excluding hydrogens is 240 g/mol. The minimum Gasteiger partial charge on any atom is -0.226 e. The molecule has 1 heterocycles. The van der Waals surface area contributed by atoms with Gasteiger partial charge in [0.2, 0.25) is 15.0 Å². The fourth-order valence-corrected chi connectivity index (χ4v) is 1.86. The van der Waals surface area contributed by atoms with Crippen molar-refractivity contribution in [3.63, 3.8) is 0 Å². The topological polar surface area (TPSA) is 47.0 Å². The minimum atomic E-state index is -3.78. The van der Waals surface area contributed by atoms with Gasteiger partial charge >= 0.3 is 0 Å². The van der Waals surface area contributed by atoms with Gasteiger partial charge in [-0.25, -0.2) is 13.4 Å². The average Bonchev–Trinajstić information content (AvgIpc) is 1.94. The predicted octanol–water partition coefficient (Wildman–Crippen LogP) is 1.94. The molecule has 0 amide bonds. The summed E-state index contributed by atoms with van der Waals surface area (Å²) < 4.78 is 34.0. The van der Waals surface area contributed by atoms with Crippen molar-refractivity contribution in [1.29, 1.82) is 0 Å². The molecule has 0 aliphatic carbocycles. The summed E-state index contributed by atoms with van der Waals surface area (Å²) in [6.45, 7) is 0. The van der Waals surface area contributed by atoms with Gasteiger partial charge in [0.05, 0.1) is 10.8 Å². The predicted molar refractivity (Wildman–Crippen MR) is 47.7 cm³/mol. The minimum absolute atomic E-state index is 0.137. The summed E-state index contributed by atoms with van der Waals surface area (Å²) in [6, 6.07) is 1.17. The van der Waals surface area contributed by atoms with E-state index in [2.05, 4.69) is 4.98 Å². The second kappa shape index (κ2) is 3.77. The van der Waals surface area contributed by atoms with E-state index in [0.717, 1.165) is 6.20 Å². The molecule has 72 valence electrons. The smallest absolute Gasteiger partial charge is 0.226 e. The zero-order valence-electron chi connectivity index (χ0n) is 6.17. The number of pyridine rings is 1. The van der Waals surface area contributed by atoms with E-state index in [-0.39, 0.29) is 10.6 Å². The van der Waals surface area contributed by atoms with Gasteiger partial charge in [0, 0.05) is 22.4 Å². The van der Waals surface area contributed by atoms with Gasteiger partial charge in [0.1, 0.15) is 0 Å². The summed E-state index contributed by atoms with van der Waals surface area (Å²) in [5.41, 5.74) is -0.137. The summed E-state index contributed by atoms with van der Waals surface area (Å²) in [5, 5.41) is 0.164. The van der Waals surface area contributed by atoms with Crippen LogP contribution >= 0.6 is 22.3 Å². The standard InChI is InChI=1S/C6H4Cl2FNO2S/c7-5-1-4(3-13(8,11)12)6(9)10-2-5/h1-2H,3H2. The third-order valence-electron chi connectivity index (χ3n) is 1.21. The highest BCUT2D eigenvalue weighted by Crippen LogP contribution is 2.16. The number of hydrogen-bond donors (Lipinski definition) is 0. The maximum atomic E-state index is 12.8. The highest BCUT2D eigenvalue weighted by Gasteiger charge is 2.12. The van der Waals surface area contributed by atoms with Crippen LogP contribution in [0.5, 0.6) is 0 Å². The Labute approximate surface area is 83.9 Å². The van der Waals surface area contributed by atoms with Crippen LogP contribution in [-0.4, -0.2) is 13.4 Å². The third kappa shape index (κ3) is 3.46. The summed E-state index contributed by atoms with van der Waals surface area (Å²) in [5.74, 6) is -1.50. The van der Waals surface area contributed by atoms with Crippen LogP contribution in [0.15, 0.2) is 12.3 Å². The Morgan fingerprint density at radius 1 is 1.54 bits per heavy atom. The molecule has 13 heavy (non-hydrogen) atoms. The highest BCUT2D eigenvalue weighted by molar-refractivity contribution is 8.13. The molecule has 1 aromatic heterocycles. The van der Waals surface area contributed by atoms with Crippen LogP contribution in [0.4, 0.5) is 4.39 Å². The maximum absolute atomic E-state index is 12.8. The molecular formula is C6H4Cl2FNO2S. The molecule has 0 unspecified atom stereocenters. The molecule has 0 fully saturated rings. The first-order valence-electron chi connectivity index (χ1n) is 3.11. The highest BCUT2D eigenvalue weighted by atomic mass is 35.7. The molecule has 1 aromatic rings. The Bertz CT molecular complexity index is 421. The van der Waals surface area contributed by atoms with Crippen molar-refractivity contribution in [3.05, 3.63) is 28.8 Å². The molecule has 1 rings (SSSR count). The van der Waals surface area contributed by atoms with Crippen LogP contribution in [0.1, 0.15) is 5.56 Å². The number of aromatic nitrogens is 1. The second-order valence-corrected chi connectivity index (χ2v) is 5.50. The van der Waals surface area contributed by atoms with Crippen LogP contribution in [-0.2, 0) is 14.8 Å². The van der Waals surface area contributed by atoms with Crippen molar-refractivity contribution in [2.24, 2.45) is 0 Å². The number of hydrogen-bond acceptors (Lipinski definition) is 3. The van der Waals surface area contributed by atoms with Gasteiger partial charge < -0.3 is 0 Å². The monoisotopic (exact) mass is 243 g/mol. The van der Waals surface area contributed by atoms with Gasteiger partial charge in [0.15, 0.2) is 0 Å². The molecule has 0 saturated carbocycles. The van der Waals surface area contributed by atoms with Gasteiger partial charge in [-0.05, 0) is 6.07 Å². The van der Waals surface area contributed by atoms with Crippen molar-refractivity contribution in [2.75, 3.05) is 0 Å². The summed E-state index contributed by atoms with van der Waals surface area (Å²) in [7, 11) is 1.14. The number of halogens is 3. The van der Waals surface area contributed by atoms with Crippen LogP contribution in [0.3, 0.4) is 0 Å². The van der Waals surface area contributed by atoms with E-state index in [4.69, 9.17) is 22.3 Å². The number of rotatable bonds is 2. The van der Waals surface area contributed by atoms with E-state index < -0.39 is 20.8 Å². The molecule has 3 nitrogen and oxygen atoms in total. The maximum Gasteiger partial charge on any atom is 0.236 e. The van der Waals surface area contributed by atoms with E-state index in [0.29, 0.717) is 0 Å². The molecule has 0 atom stereocenters. The first-order valence-corrected chi connectivity index (χ1v) is 5.96. The molecule has 0 N–H and O–H groups in total. The molecule has 0 aliphatic heterocycles. The van der Waals surface area contributed by atoms with Gasteiger partial charge in [-0.3, -0.25) is 0 Å². The van der Waals surface area contributed by atoms with E-state index >= 15 is 0 Å². The fourth-order valence-electron chi connectivity index (χ4n) is 0.751. The van der Waals surface area contributed by atoms with Crippen LogP contribution in [0.25, 0.3) is 0 Å². The van der Waals surface area contributed by atoms with Crippen molar-refractivity contribution in [3.8, 4) is 0 Å². The van der Waals surface area contributed by atoms with Gasteiger partial charge in [0.25, 0.3) is 0 Å². The molecule has 0 spiro atoms. The molecule has 0 bridgehead atoms. The molecule has 0 radical (unpaired) electrons. The summed E-state index contributed by atoms with van der Waals surface area (Å²) >= 11 is 5.48. The van der Waals surface area contributed by atoms with Crippen LogP contribution in [0.2, 0.25) is 5.02 Å². The van der Waals surface area contributed by atoms with Gasteiger partial charge in [-0.15, -0.1) is 0 Å². The first kappa shape index (κ1) is 10.7. The number of nitrogens with zero attached hydrogens (tertiary/aromatic N) is 1. The lowest BCUT2D eigenvalue weighted by Gasteiger charge is -1.99. The van der Waals surface area contributed by atoms with Gasteiger partial charge in [-0.1, -0.05) is 11.6 Å². The zero-order chi connectivity index (χ0) is 10.1. The molecule has 0 aliphatic rings. The van der Waals surface area contributed by atoms with E-state index in [1.807, 2.05) is 0 Å². The van der Waals surface area contributed by atoms with Crippen molar-refractivity contribution in [1.82, 2.24) is 4.98 Å².